The molecule has 2 heterocycles. The van der Waals surface area contributed by atoms with Crippen LogP contribution in [0.3, 0.4) is 0 Å². The third-order valence-electron chi connectivity index (χ3n) is 5.21. The van der Waals surface area contributed by atoms with Crippen molar-refractivity contribution in [1.82, 2.24) is 9.97 Å². The average Bonchev–Trinajstić information content (AvgIpc) is 3.24. The summed E-state index contributed by atoms with van der Waals surface area (Å²) in [5.41, 5.74) is 6.28. The molecule has 0 atom stereocenters. The number of fused-ring (bicyclic) bond motifs is 1. The Balaban J connectivity index is 1.43. The number of carbonyl (C=O) groups is 1. The molecule has 0 aliphatic carbocycles. The lowest BCUT2D eigenvalue weighted by Gasteiger charge is -2.08. The van der Waals surface area contributed by atoms with Gasteiger partial charge in [-0.1, -0.05) is 66.2 Å². The zero-order chi connectivity index (χ0) is 21.2. The van der Waals surface area contributed by atoms with Gasteiger partial charge in [0.25, 0.3) is 5.91 Å². The van der Waals surface area contributed by atoms with Crippen LogP contribution < -0.4 is 5.32 Å². The van der Waals surface area contributed by atoms with E-state index in [0.29, 0.717) is 16.3 Å². The van der Waals surface area contributed by atoms with E-state index in [0.717, 1.165) is 33.3 Å². The quantitative estimate of drug-likeness (QED) is 0.334. The van der Waals surface area contributed by atoms with Crippen LogP contribution in [0.5, 0.6) is 0 Å². The van der Waals surface area contributed by atoms with E-state index in [9.17, 15) is 4.79 Å². The summed E-state index contributed by atoms with van der Waals surface area (Å²) in [7, 11) is 0. The van der Waals surface area contributed by atoms with E-state index in [2.05, 4.69) is 33.5 Å². The fraction of sp³-hybridized carbons (Fsp3) is 0. The molecule has 2 N–H and O–H groups in total. The van der Waals surface area contributed by atoms with Gasteiger partial charge in [0.05, 0.1) is 10.6 Å². The molecular weight excluding hydrogens is 406 g/mol. The van der Waals surface area contributed by atoms with Crippen molar-refractivity contribution in [3.05, 3.63) is 108 Å². The van der Waals surface area contributed by atoms with Crippen LogP contribution in [0.25, 0.3) is 33.3 Å². The molecule has 0 aliphatic rings. The maximum atomic E-state index is 12.5. The first-order valence-corrected chi connectivity index (χ1v) is 10.3. The molecule has 0 fully saturated rings. The predicted molar refractivity (Wildman–Crippen MR) is 126 cm³/mol. The first-order chi connectivity index (χ1) is 15.2. The Hall–Kier alpha value is -3.89. The SMILES string of the molecule is O=C(Nc1ccc(-c2c[nH]c3ncc(-c4ccccc4)cc23)cc1)c1ccccc1Cl. The third-order valence-corrected chi connectivity index (χ3v) is 5.54. The molecule has 31 heavy (non-hydrogen) atoms. The molecule has 0 aliphatic heterocycles. The molecule has 0 spiro atoms. The van der Waals surface area contributed by atoms with Gasteiger partial charge in [0.15, 0.2) is 0 Å². The summed E-state index contributed by atoms with van der Waals surface area (Å²) < 4.78 is 0. The number of H-pyrrole nitrogens is 1. The van der Waals surface area contributed by atoms with E-state index in [1.807, 2.05) is 54.9 Å². The van der Waals surface area contributed by atoms with Crippen molar-refractivity contribution in [3.8, 4) is 22.3 Å². The highest BCUT2D eigenvalue weighted by molar-refractivity contribution is 6.34. The topological polar surface area (TPSA) is 57.8 Å². The Morgan fingerprint density at radius 2 is 1.58 bits per heavy atom. The van der Waals surface area contributed by atoms with Crippen LogP contribution >= 0.6 is 11.6 Å². The molecule has 0 saturated carbocycles. The molecule has 0 bridgehead atoms. The monoisotopic (exact) mass is 423 g/mol. The maximum Gasteiger partial charge on any atom is 0.257 e. The number of aromatic nitrogens is 2. The molecule has 0 unspecified atom stereocenters. The van der Waals surface area contributed by atoms with Gasteiger partial charge in [-0.05, 0) is 41.5 Å². The van der Waals surface area contributed by atoms with Gasteiger partial charge in [0.1, 0.15) is 5.65 Å². The van der Waals surface area contributed by atoms with Crippen molar-refractivity contribution >= 4 is 34.2 Å². The van der Waals surface area contributed by atoms with Crippen LogP contribution in [-0.4, -0.2) is 15.9 Å². The van der Waals surface area contributed by atoms with Gasteiger partial charge >= 0.3 is 0 Å². The standard InChI is InChI=1S/C26H18ClN3O/c27-24-9-5-4-8-21(24)26(31)30-20-12-10-18(11-13-20)23-16-29-25-22(23)14-19(15-28-25)17-6-2-1-3-7-17/h1-16H,(H,28,29)(H,30,31). The average molecular weight is 424 g/mol. The smallest absolute Gasteiger partial charge is 0.257 e. The second-order valence-corrected chi connectivity index (χ2v) is 7.61. The van der Waals surface area contributed by atoms with Gasteiger partial charge in [0, 0.05) is 34.6 Å². The summed E-state index contributed by atoms with van der Waals surface area (Å²) in [5.74, 6) is -0.234. The number of nitrogens with zero attached hydrogens (tertiary/aromatic N) is 1. The Labute approximate surface area is 184 Å². The highest BCUT2D eigenvalue weighted by atomic mass is 35.5. The normalized spacial score (nSPS) is 10.9. The van der Waals surface area contributed by atoms with Crippen molar-refractivity contribution < 1.29 is 4.79 Å². The number of halogens is 1. The van der Waals surface area contributed by atoms with Crippen LogP contribution in [0.2, 0.25) is 5.02 Å². The number of rotatable bonds is 4. The zero-order valence-electron chi connectivity index (χ0n) is 16.5. The molecular formula is C26H18ClN3O. The first kappa shape index (κ1) is 19.1. The maximum absolute atomic E-state index is 12.5. The summed E-state index contributed by atoms with van der Waals surface area (Å²) in [6, 6.07) is 27.1. The minimum Gasteiger partial charge on any atom is -0.346 e. The molecule has 3 aromatic carbocycles. The lowest BCUT2D eigenvalue weighted by Crippen LogP contribution is -2.12. The van der Waals surface area contributed by atoms with Gasteiger partial charge < -0.3 is 10.3 Å². The second-order valence-electron chi connectivity index (χ2n) is 7.20. The second kappa shape index (κ2) is 8.09. The minimum absolute atomic E-state index is 0.234. The number of aromatic amines is 1. The van der Waals surface area contributed by atoms with Crippen LogP contribution in [0, 0.1) is 0 Å². The lowest BCUT2D eigenvalue weighted by atomic mass is 10.0. The highest BCUT2D eigenvalue weighted by Crippen LogP contribution is 2.31. The first-order valence-electron chi connectivity index (χ1n) is 9.88. The largest absolute Gasteiger partial charge is 0.346 e. The minimum atomic E-state index is -0.234. The number of amides is 1. The highest BCUT2D eigenvalue weighted by Gasteiger charge is 2.12. The van der Waals surface area contributed by atoms with Gasteiger partial charge in [0.2, 0.25) is 0 Å². The van der Waals surface area contributed by atoms with Crippen molar-refractivity contribution in [1.29, 1.82) is 0 Å². The molecule has 0 radical (unpaired) electrons. The van der Waals surface area contributed by atoms with Crippen molar-refractivity contribution in [2.75, 3.05) is 5.32 Å². The summed E-state index contributed by atoms with van der Waals surface area (Å²) in [5, 5.41) is 4.37. The number of hydrogen-bond acceptors (Lipinski definition) is 2. The number of benzene rings is 3. The van der Waals surface area contributed by atoms with Crippen LogP contribution in [0.15, 0.2) is 97.3 Å². The Kier molecular flexibility index (Phi) is 4.98. The number of nitrogens with one attached hydrogen (secondary N) is 2. The molecule has 1 amide bonds. The summed E-state index contributed by atoms with van der Waals surface area (Å²) in [4.78, 5) is 20.3. The van der Waals surface area contributed by atoms with E-state index >= 15 is 0 Å². The number of carbonyl (C=O) groups excluding carboxylic acids is 1. The van der Waals surface area contributed by atoms with E-state index in [1.54, 1.807) is 24.3 Å². The number of pyridine rings is 1. The Morgan fingerprint density at radius 3 is 2.35 bits per heavy atom. The van der Waals surface area contributed by atoms with E-state index in [-0.39, 0.29) is 5.91 Å². The van der Waals surface area contributed by atoms with Crippen LogP contribution in [0.1, 0.15) is 10.4 Å². The molecule has 4 nitrogen and oxygen atoms in total. The van der Waals surface area contributed by atoms with Gasteiger partial charge in [-0.3, -0.25) is 4.79 Å². The Bertz CT molecular complexity index is 1380. The van der Waals surface area contributed by atoms with E-state index < -0.39 is 0 Å². The Morgan fingerprint density at radius 1 is 0.839 bits per heavy atom. The zero-order valence-corrected chi connectivity index (χ0v) is 17.2. The predicted octanol–water partition coefficient (Wildman–Crippen LogP) is 6.80. The summed E-state index contributed by atoms with van der Waals surface area (Å²) in [6.07, 6.45) is 3.84. The van der Waals surface area contributed by atoms with Crippen molar-refractivity contribution in [3.63, 3.8) is 0 Å². The van der Waals surface area contributed by atoms with Gasteiger partial charge in [-0.2, -0.15) is 0 Å². The van der Waals surface area contributed by atoms with Crippen LogP contribution in [0.4, 0.5) is 5.69 Å². The molecule has 150 valence electrons. The van der Waals surface area contributed by atoms with E-state index in [1.165, 1.54) is 0 Å². The molecule has 5 heteroatoms. The van der Waals surface area contributed by atoms with Gasteiger partial charge in [-0.15, -0.1) is 0 Å². The fourth-order valence-corrected chi connectivity index (χ4v) is 3.83. The summed E-state index contributed by atoms with van der Waals surface area (Å²) >= 11 is 6.12. The third kappa shape index (κ3) is 3.81. The fourth-order valence-electron chi connectivity index (χ4n) is 3.61. The van der Waals surface area contributed by atoms with E-state index in [4.69, 9.17) is 11.6 Å². The lowest BCUT2D eigenvalue weighted by molar-refractivity contribution is 0.102. The molecule has 5 aromatic rings. The number of anilines is 1. The number of hydrogen-bond donors (Lipinski definition) is 2. The molecule has 0 saturated heterocycles. The van der Waals surface area contributed by atoms with Crippen molar-refractivity contribution in [2.45, 2.75) is 0 Å². The van der Waals surface area contributed by atoms with Crippen molar-refractivity contribution in [2.24, 2.45) is 0 Å². The molecule has 2 aromatic heterocycles. The van der Waals surface area contributed by atoms with Gasteiger partial charge in [-0.25, -0.2) is 4.98 Å². The van der Waals surface area contributed by atoms with Crippen LogP contribution in [-0.2, 0) is 0 Å². The molecule has 5 rings (SSSR count). The summed E-state index contributed by atoms with van der Waals surface area (Å²) in [6.45, 7) is 0.